The summed E-state index contributed by atoms with van der Waals surface area (Å²) in [6.45, 7) is 4.19. The van der Waals surface area contributed by atoms with Gasteiger partial charge in [0.05, 0.1) is 17.1 Å². The summed E-state index contributed by atoms with van der Waals surface area (Å²) >= 11 is 2.41. The fourth-order valence-corrected chi connectivity index (χ4v) is 5.23. The van der Waals surface area contributed by atoms with E-state index in [1.807, 2.05) is 0 Å². The van der Waals surface area contributed by atoms with Gasteiger partial charge in [0, 0.05) is 21.9 Å². The summed E-state index contributed by atoms with van der Waals surface area (Å²) in [5.74, 6) is -0.268. The van der Waals surface area contributed by atoms with Crippen molar-refractivity contribution in [2.75, 3.05) is 11.9 Å². The van der Waals surface area contributed by atoms with Gasteiger partial charge in [0.25, 0.3) is 0 Å². The van der Waals surface area contributed by atoms with E-state index in [0.717, 1.165) is 41.0 Å². The number of thiophene rings is 2. The zero-order valence-corrected chi connectivity index (χ0v) is 17.2. The Morgan fingerprint density at radius 3 is 2.86 bits per heavy atom. The molecule has 1 unspecified atom stereocenters. The highest BCUT2D eigenvalue weighted by molar-refractivity contribution is 7.17. The first kappa shape index (κ1) is 20.2. The van der Waals surface area contributed by atoms with Crippen molar-refractivity contribution in [3.63, 3.8) is 0 Å². The number of esters is 1. The third-order valence-electron chi connectivity index (χ3n) is 4.42. The first-order chi connectivity index (χ1) is 13.4. The number of amides is 1. The van der Waals surface area contributed by atoms with E-state index in [1.165, 1.54) is 29.6 Å². The molecular weight excluding hydrogens is 400 g/mol. The van der Waals surface area contributed by atoms with Crippen LogP contribution in [0.25, 0.3) is 6.08 Å². The molecule has 1 amide bonds. The largest absolute Gasteiger partial charge is 0.462 e. The lowest BCUT2D eigenvalue weighted by atomic mass is 9.88. The molecule has 1 N–H and O–H groups in total. The van der Waals surface area contributed by atoms with Gasteiger partial charge in [-0.1, -0.05) is 18.3 Å². The summed E-state index contributed by atoms with van der Waals surface area (Å²) in [6, 6.07) is 2.98. The lowest BCUT2D eigenvalue weighted by Gasteiger charge is -2.18. The van der Waals surface area contributed by atoms with E-state index in [-0.39, 0.29) is 11.6 Å². The van der Waals surface area contributed by atoms with E-state index in [0.29, 0.717) is 21.4 Å². The summed E-state index contributed by atoms with van der Waals surface area (Å²) in [7, 11) is 0. The van der Waals surface area contributed by atoms with E-state index in [4.69, 9.17) is 4.74 Å². The van der Waals surface area contributed by atoms with Gasteiger partial charge in [-0.3, -0.25) is 14.9 Å². The average Bonchev–Trinajstić information content (AvgIpc) is 3.24. The molecule has 0 saturated carbocycles. The van der Waals surface area contributed by atoms with Gasteiger partial charge >= 0.3 is 11.0 Å². The molecule has 148 valence electrons. The summed E-state index contributed by atoms with van der Waals surface area (Å²) in [4.78, 5) is 36.8. The highest BCUT2D eigenvalue weighted by atomic mass is 32.1. The number of hydrogen-bond acceptors (Lipinski definition) is 7. The van der Waals surface area contributed by atoms with Gasteiger partial charge in [-0.25, -0.2) is 4.79 Å². The van der Waals surface area contributed by atoms with Crippen LogP contribution in [0.3, 0.4) is 0 Å². The van der Waals surface area contributed by atoms with Crippen molar-refractivity contribution in [1.29, 1.82) is 0 Å². The van der Waals surface area contributed by atoms with Crippen LogP contribution < -0.4 is 5.32 Å². The molecular formula is C19H20N2O5S2. The van der Waals surface area contributed by atoms with Crippen molar-refractivity contribution in [2.24, 2.45) is 5.92 Å². The van der Waals surface area contributed by atoms with Crippen molar-refractivity contribution in [3.8, 4) is 0 Å². The fourth-order valence-electron chi connectivity index (χ4n) is 3.10. The second kappa shape index (κ2) is 8.66. The second-order valence-electron chi connectivity index (χ2n) is 6.53. The maximum Gasteiger partial charge on any atom is 0.341 e. The molecule has 28 heavy (non-hydrogen) atoms. The van der Waals surface area contributed by atoms with Gasteiger partial charge in [-0.05, 0) is 49.8 Å². The molecule has 0 aliphatic heterocycles. The van der Waals surface area contributed by atoms with Crippen molar-refractivity contribution >= 4 is 50.6 Å². The molecule has 7 nitrogen and oxygen atoms in total. The number of carbonyl (C=O) groups is 2. The lowest BCUT2D eigenvalue weighted by molar-refractivity contribution is -0.380. The quantitative estimate of drug-likeness (QED) is 0.317. The minimum absolute atomic E-state index is 0.0182. The van der Waals surface area contributed by atoms with Crippen LogP contribution in [0.1, 0.15) is 45.9 Å². The van der Waals surface area contributed by atoms with Gasteiger partial charge in [-0.2, -0.15) is 0 Å². The number of nitrogens with zero attached hydrogens (tertiary/aromatic N) is 1. The Morgan fingerprint density at radius 1 is 1.39 bits per heavy atom. The third kappa shape index (κ3) is 4.48. The minimum atomic E-state index is -0.467. The zero-order valence-electron chi connectivity index (χ0n) is 15.5. The Balaban J connectivity index is 1.80. The SMILES string of the molecule is CCOC(=O)c1c(NC(=O)C=Cc2ccc([N+](=O)[O-])s2)sc2c1CCC(C)C2. The monoisotopic (exact) mass is 420 g/mol. The van der Waals surface area contributed by atoms with Gasteiger partial charge in [0.2, 0.25) is 5.91 Å². The number of hydrogen-bond donors (Lipinski definition) is 1. The van der Waals surface area contributed by atoms with E-state index in [9.17, 15) is 19.7 Å². The molecule has 0 fully saturated rings. The first-order valence-electron chi connectivity index (χ1n) is 8.94. The Morgan fingerprint density at radius 2 is 2.18 bits per heavy atom. The van der Waals surface area contributed by atoms with Gasteiger partial charge in [-0.15, -0.1) is 11.3 Å². The van der Waals surface area contributed by atoms with Crippen molar-refractivity contribution in [3.05, 3.63) is 49.2 Å². The molecule has 0 radical (unpaired) electrons. The second-order valence-corrected chi connectivity index (χ2v) is 8.73. The first-order valence-corrected chi connectivity index (χ1v) is 10.6. The Labute approximate surface area is 170 Å². The Hall–Kier alpha value is -2.52. The molecule has 1 atom stereocenters. The number of nitrogens with one attached hydrogen (secondary N) is 1. The molecule has 0 spiro atoms. The fraction of sp³-hybridized carbons (Fsp3) is 0.368. The molecule has 1 aliphatic carbocycles. The van der Waals surface area contributed by atoms with E-state index in [2.05, 4.69) is 12.2 Å². The summed E-state index contributed by atoms with van der Waals surface area (Å²) < 4.78 is 5.19. The average molecular weight is 421 g/mol. The van der Waals surface area contributed by atoms with E-state index >= 15 is 0 Å². The van der Waals surface area contributed by atoms with Gasteiger partial charge in [0.1, 0.15) is 5.00 Å². The number of rotatable bonds is 6. The number of carbonyl (C=O) groups excluding carboxylic acids is 2. The van der Waals surface area contributed by atoms with Crippen LogP contribution in [0.2, 0.25) is 0 Å². The summed E-state index contributed by atoms with van der Waals surface area (Å²) in [5, 5.41) is 14.0. The number of fused-ring (bicyclic) bond motifs is 1. The molecule has 1 aliphatic rings. The molecule has 0 aromatic carbocycles. The summed E-state index contributed by atoms with van der Waals surface area (Å²) in [6.07, 6.45) is 5.52. The van der Waals surface area contributed by atoms with Crippen LogP contribution in [0, 0.1) is 16.0 Å². The molecule has 2 aromatic heterocycles. The van der Waals surface area contributed by atoms with Gasteiger partial charge < -0.3 is 10.1 Å². The van der Waals surface area contributed by atoms with Crippen LogP contribution in [-0.4, -0.2) is 23.4 Å². The minimum Gasteiger partial charge on any atom is -0.462 e. The standard InChI is InChI=1S/C19H20N2O5S2/c1-3-26-19(23)17-13-7-4-11(2)10-14(13)28-18(17)20-15(22)8-5-12-6-9-16(27-12)21(24)25/h5-6,8-9,11H,3-4,7,10H2,1-2H3,(H,20,22). The van der Waals surface area contributed by atoms with Crippen LogP contribution in [0.5, 0.6) is 0 Å². The Bertz CT molecular complexity index is 944. The van der Waals surface area contributed by atoms with E-state index in [1.54, 1.807) is 13.0 Å². The normalized spacial score (nSPS) is 16.0. The lowest BCUT2D eigenvalue weighted by Crippen LogP contribution is -2.15. The zero-order chi connectivity index (χ0) is 20.3. The van der Waals surface area contributed by atoms with Crippen LogP contribution >= 0.6 is 22.7 Å². The smallest absolute Gasteiger partial charge is 0.341 e. The summed E-state index contributed by atoms with van der Waals surface area (Å²) in [5.41, 5.74) is 1.44. The highest BCUT2D eigenvalue weighted by Crippen LogP contribution is 2.40. The van der Waals surface area contributed by atoms with Crippen LogP contribution in [0.4, 0.5) is 10.0 Å². The molecule has 0 bridgehead atoms. The predicted octanol–water partition coefficient (Wildman–Crippen LogP) is 4.67. The molecule has 2 heterocycles. The van der Waals surface area contributed by atoms with Crippen molar-refractivity contribution in [1.82, 2.24) is 0 Å². The highest BCUT2D eigenvalue weighted by Gasteiger charge is 2.28. The number of anilines is 1. The molecule has 2 aromatic rings. The predicted molar refractivity (Wildman–Crippen MR) is 110 cm³/mol. The maximum atomic E-state index is 12.5. The van der Waals surface area contributed by atoms with Gasteiger partial charge in [0.15, 0.2) is 0 Å². The van der Waals surface area contributed by atoms with Crippen molar-refractivity contribution < 1.29 is 19.2 Å². The maximum absolute atomic E-state index is 12.5. The number of ether oxygens (including phenoxy) is 1. The third-order valence-corrected chi connectivity index (χ3v) is 6.59. The Kier molecular flexibility index (Phi) is 6.25. The molecule has 3 rings (SSSR count). The van der Waals surface area contributed by atoms with E-state index < -0.39 is 16.8 Å². The number of nitro groups is 1. The topological polar surface area (TPSA) is 98.5 Å². The van der Waals surface area contributed by atoms with Crippen LogP contribution in [-0.2, 0) is 22.4 Å². The van der Waals surface area contributed by atoms with Crippen molar-refractivity contribution in [2.45, 2.75) is 33.1 Å². The molecule has 0 saturated heterocycles. The van der Waals surface area contributed by atoms with Crippen LogP contribution in [0.15, 0.2) is 18.2 Å². The molecule has 9 heteroatoms.